The summed E-state index contributed by atoms with van der Waals surface area (Å²) in [6.07, 6.45) is -0.811. The molecule has 2 amide bonds. The number of nitrogens with one attached hydrogen (secondary N) is 2. The molecule has 3 rings (SSSR count). The van der Waals surface area contributed by atoms with Gasteiger partial charge < -0.3 is 10.6 Å². The maximum absolute atomic E-state index is 13.1. The van der Waals surface area contributed by atoms with Crippen molar-refractivity contribution in [3.05, 3.63) is 105 Å². The van der Waals surface area contributed by atoms with E-state index in [1.54, 1.807) is 42.5 Å². The summed E-state index contributed by atoms with van der Waals surface area (Å²) in [5, 5.41) is 6.56. The van der Waals surface area contributed by atoms with Crippen LogP contribution in [0.2, 0.25) is 10.0 Å². The smallest absolute Gasteiger partial charge is 0.253 e. The SMILES string of the molecule is CC(C)(C)c1ccc(C(=O)NC(NC(=O)c2ccc(C(C)(C)C)cc2)c2ccc(Cl)c(Cl)c2)cc1. The molecule has 0 aliphatic rings. The van der Waals surface area contributed by atoms with Gasteiger partial charge in [0, 0.05) is 11.1 Å². The van der Waals surface area contributed by atoms with Gasteiger partial charge in [0.25, 0.3) is 11.8 Å². The molecule has 6 heteroatoms. The van der Waals surface area contributed by atoms with Gasteiger partial charge in [-0.1, -0.05) is 95.1 Å². The third-order valence-electron chi connectivity index (χ3n) is 5.85. The Bertz CT molecular complexity index is 1130. The van der Waals surface area contributed by atoms with Crippen LogP contribution >= 0.6 is 23.2 Å². The Morgan fingerprint density at radius 1 is 0.629 bits per heavy atom. The molecule has 3 aromatic carbocycles. The predicted molar refractivity (Wildman–Crippen MR) is 144 cm³/mol. The van der Waals surface area contributed by atoms with Gasteiger partial charge in [-0.15, -0.1) is 0 Å². The van der Waals surface area contributed by atoms with Crippen LogP contribution < -0.4 is 10.6 Å². The van der Waals surface area contributed by atoms with E-state index in [4.69, 9.17) is 23.2 Å². The Balaban J connectivity index is 1.86. The third kappa shape index (κ3) is 6.87. The molecule has 0 atom stereocenters. The number of carbonyl (C=O) groups excluding carboxylic acids is 2. The highest BCUT2D eigenvalue weighted by atomic mass is 35.5. The zero-order chi connectivity index (χ0) is 26.0. The number of hydrogen-bond acceptors (Lipinski definition) is 2. The van der Waals surface area contributed by atoms with Crippen LogP contribution in [-0.4, -0.2) is 11.8 Å². The summed E-state index contributed by atoms with van der Waals surface area (Å²) in [7, 11) is 0. The molecule has 184 valence electrons. The minimum atomic E-state index is -0.811. The average Bonchev–Trinajstić information content (AvgIpc) is 2.79. The number of amides is 2. The molecule has 4 nitrogen and oxygen atoms in total. The zero-order valence-electron chi connectivity index (χ0n) is 21.0. The third-order valence-corrected chi connectivity index (χ3v) is 6.59. The first-order chi connectivity index (χ1) is 16.3. The molecule has 2 N–H and O–H groups in total. The highest BCUT2D eigenvalue weighted by molar-refractivity contribution is 6.42. The fraction of sp³-hybridized carbons (Fsp3) is 0.310. The quantitative estimate of drug-likeness (QED) is 0.350. The highest BCUT2D eigenvalue weighted by Gasteiger charge is 2.21. The molecule has 0 bridgehead atoms. The summed E-state index contributed by atoms with van der Waals surface area (Å²) in [5.41, 5.74) is 3.81. The average molecular weight is 511 g/mol. The van der Waals surface area contributed by atoms with E-state index < -0.39 is 6.17 Å². The van der Waals surface area contributed by atoms with Crippen molar-refractivity contribution >= 4 is 35.0 Å². The van der Waals surface area contributed by atoms with Crippen molar-refractivity contribution in [2.75, 3.05) is 0 Å². The summed E-state index contributed by atoms with van der Waals surface area (Å²) in [6, 6.07) is 19.9. The molecule has 0 spiro atoms. The van der Waals surface area contributed by atoms with Crippen molar-refractivity contribution in [2.45, 2.75) is 58.5 Å². The van der Waals surface area contributed by atoms with Crippen LogP contribution in [0.3, 0.4) is 0 Å². The van der Waals surface area contributed by atoms with Crippen molar-refractivity contribution in [1.29, 1.82) is 0 Å². The topological polar surface area (TPSA) is 58.2 Å². The first kappa shape index (κ1) is 26.8. The normalized spacial score (nSPS) is 11.9. The molecule has 0 saturated carbocycles. The van der Waals surface area contributed by atoms with Gasteiger partial charge in [-0.05, 0) is 63.9 Å². The second kappa shape index (κ2) is 10.4. The van der Waals surface area contributed by atoms with Crippen molar-refractivity contribution in [3.63, 3.8) is 0 Å². The van der Waals surface area contributed by atoms with E-state index in [1.165, 1.54) is 0 Å². The van der Waals surface area contributed by atoms with Crippen LogP contribution in [0.1, 0.15) is 85.1 Å². The fourth-order valence-corrected chi connectivity index (χ4v) is 3.87. The molecule has 0 fully saturated rings. The van der Waals surface area contributed by atoms with E-state index in [0.717, 1.165) is 11.1 Å². The summed E-state index contributed by atoms with van der Waals surface area (Å²) in [6.45, 7) is 12.7. The molecular formula is C29H32Cl2N2O2. The van der Waals surface area contributed by atoms with Crippen molar-refractivity contribution in [2.24, 2.45) is 0 Å². The van der Waals surface area contributed by atoms with E-state index in [0.29, 0.717) is 26.7 Å². The lowest BCUT2D eigenvalue weighted by molar-refractivity contribution is 0.0883. The lowest BCUT2D eigenvalue weighted by Crippen LogP contribution is -2.41. The number of carbonyl (C=O) groups is 2. The van der Waals surface area contributed by atoms with Crippen molar-refractivity contribution < 1.29 is 9.59 Å². The Morgan fingerprint density at radius 3 is 1.37 bits per heavy atom. The largest absolute Gasteiger partial charge is 0.328 e. The molecule has 0 saturated heterocycles. The molecule has 0 aliphatic carbocycles. The lowest BCUT2D eigenvalue weighted by atomic mass is 9.86. The molecule has 0 radical (unpaired) electrons. The first-order valence-corrected chi connectivity index (χ1v) is 12.3. The molecular weight excluding hydrogens is 479 g/mol. The summed E-state index contributed by atoms with van der Waals surface area (Å²) in [4.78, 5) is 26.2. The minimum Gasteiger partial charge on any atom is -0.328 e. The minimum absolute atomic E-state index is 0.0197. The highest BCUT2D eigenvalue weighted by Crippen LogP contribution is 2.27. The molecule has 0 unspecified atom stereocenters. The van der Waals surface area contributed by atoms with Gasteiger partial charge in [0.05, 0.1) is 10.0 Å². The van der Waals surface area contributed by atoms with Crippen LogP contribution in [0.5, 0.6) is 0 Å². The van der Waals surface area contributed by atoms with Crippen LogP contribution in [0, 0.1) is 0 Å². The maximum Gasteiger partial charge on any atom is 0.253 e. The number of hydrogen-bond donors (Lipinski definition) is 2. The van der Waals surface area contributed by atoms with Crippen LogP contribution in [-0.2, 0) is 10.8 Å². The van der Waals surface area contributed by atoms with E-state index in [1.807, 2.05) is 24.3 Å². The van der Waals surface area contributed by atoms with E-state index in [9.17, 15) is 9.59 Å². The molecule has 0 heterocycles. The summed E-state index contributed by atoms with van der Waals surface area (Å²) >= 11 is 12.3. The standard InChI is InChI=1S/C29H32Cl2N2O2/c1-28(2,3)21-12-7-18(8-13-21)26(34)32-25(20-11-16-23(30)24(31)17-20)33-27(35)19-9-14-22(15-10-19)29(4,5)6/h7-17,25H,1-6H3,(H,32,34)(H,33,35). The summed E-state index contributed by atoms with van der Waals surface area (Å²) in [5.74, 6) is -0.630. The number of rotatable bonds is 5. The molecule has 0 aliphatic heterocycles. The Morgan fingerprint density at radius 2 is 1.03 bits per heavy atom. The fourth-order valence-electron chi connectivity index (χ4n) is 3.57. The van der Waals surface area contributed by atoms with Gasteiger partial charge in [-0.25, -0.2) is 0 Å². The van der Waals surface area contributed by atoms with E-state index in [-0.39, 0.29) is 22.6 Å². The van der Waals surface area contributed by atoms with Gasteiger partial charge in [-0.3, -0.25) is 9.59 Å². The van der Waals surface area contributed by atoms with Crippen LogP contribution in [0.25, 0.3) is 0 Å². The number of benzene rings is 3. The first-order valence-electron chi connectivity index (χ1n) is 11.5. The van der Waals surface area contributed by atoms with Crippen LogP contribution in [0.15, 0.2) is 66.7 Å². The van der Waals surface area contributed by atoms with Crippen molar-refractivity contribution in [3.8, 4) is 0 Å². The molecule has 0 aromatic heterocycles. The Hall–Kier alpha value is -2.82. The van der Waals surface area contributed by atoms with E-state index in [2.05, 4.69) is 52.2 Å². The molecule has 3 aromatic rings. The monoisotopic (exact) mass is 510 g/mol. The van der Waals surface area contributed by atoms with Gasteiger partial charge in [0.2, 0.25) is 0 Å². The van der Waals surface area contributed by atoms with E-state index >= 15 is 0 Å². The molecule has 35 heavy (non-hydrogen) atoms. The van der Waals surface area contributed by atoms with Crippen LogP contribution in [0.4, 0.5) is 0 Å². The maximum atomic E-state index is 13.1. The Labute approximate surface area is 218 Å². The second-order valence-corrected chi connectivity index (χ2v) is 11.5. The van der Waals surface area contributed by atoms with Gasteiger partial charge in [0.1, 0.15) is 6.17 Å². The number of halogens is 2. The predicted octanol–water partition coefficient (Wildman–Crippen LogP) is 7.45. The van der Waals surface area contributed by atoms with Gasteiger partial charge >= 0.3 is 0 Å². The van der Waals surface area contributed by atoms with Gasteiger partial charge in [0.15, 0.2) is 0 Å². The zero-order valence-corrected chi connectivity index (χ0v) is 22.5. The van der Waals surface area contributed by atoms with Crippen molar-refractivity contribution in [1.82, 2.24) is 10.6 Å². The lowest BCUT2D eigenvalue weighted by Gasteiger charge is -2.23. The van der Waals surface area contributed by atoms with Gasteiger partial charge in [-0.2, -0.15) is 0 Å². The summed E-state index contributed by atoms with van der Waals surface area (Å²) < 4.78 is 0. The second-order valence-electron chi connectivity index (χ2n) is 10.7. The Kier molecular flexibility index (Phi) is 7.98.